The minimum absolute atomic E-state index is 0.253. The van der Waals surface area contributed by atoms with E-state index >= 15 is 0 Å². The Balaban J connectivity index is 1.81. The number of halogens is 2. The summed E-state index contributed by atoms with van der Waals surface area (Å²) in [5, 5.41) is 4.61. The Morgan fingerprint density at radius 3 is 2.64 bits per heavy atom. The lowest BCUT2D eigenvalue weighted by Gasteiger charge is -2.30. The van der Waals surface area contributed by atoms with Gasteiger partial charge in [0.2, 0.25) is 0 Å². The van der Waals surface area contributed by atoms with Crippen molar-refractivity contribution in [3.8, 4) is 0 Å². The number of carbonyl (C=O) groups excluding carboxylic acids is 1. The largest absolute Gasteiger partial charge is 0.444 e. The van der Waals surface area contributed by atoms with Gasteiger partial charge in [-0.2, -0.15) is 5.10 Å². The Morgan fingerprint density at radius 2 is 2.00 bits per heavy atom. The van der Waals surface area contributed by atoms with Gasteiger partial charge in [0.15, 0.2) is 0 Å². The number of fused-ring (bicyclic) bond motifs is 1. The first kappa shape index (κ1) is 18.2. The van der Waals surface area contributed by atoms with E-state index in [1.54, 1.807) is 17.0 Å². The van der Waals surface area contributed by atoms with Crippen LogP contribution in [0.1, 0.15) is 37.6 Å². The molecule has 1 aromatic carbocycles. The SMILES string of the molecule is CC(C)(C)OC(=O)N1CCc2c(I)nn(Cc3ccc(F)cc3)c2C1. The van der Waals surface area contributed by atoms with Gasteiger partial charge in [0.1, 0.15) is 15.1 Å². The molecule has 5 nitrogen and oxygen atoms in total. The van der Waals surface area contributed by atoms with Crippen molar-refractivity contribution in [3.05, 3.63) is 50.6 Å². The van der Waals surface area contributed by atoms with Crippen molar-refractivity contribution in [2.75, 3.05) is 6.54 Å². The van der Waals surface area contributed by atoms with Gasteiger partial charge in [0, 0.05) is 12.1 Å². The van der Waals surface area contributed by atoms with Crippen molar-refractivity contribution < 1.29 is 13.9 Å². The molecule has 0 saturated carbocycles. The number of hydrogen-bond acceptors (Lipinski definition) is 3. The molecule has 1 aliphatic rings. The molecule has 0 fully saturated rings. The van der Waals surface area contributed by atoms with Crippen molar-refractivity contribution in [1.29, 1.82) is 0 Å². The predicted octanol–water partition coefficient (Wildman–Crippen LogP) is 3.97. The maximum absolute atomic E-state index is 13.1. The number of amides is 1. The van der Waals surface area contributed by atoms with E-state index in [0.29, 0.717) is 19.6 Å². The zero-order valence-corrected chi connectivity index (χ0v) is 16.7. The van der Waals surface area contributed by atoms with E-state index in [1.807, 2.05) is 25.5 Å². The molecular formula is C18H21FIN3O2. The van der Waals surface area contributed by atoms with Crippen LogP contribution in [0.2, 0.25) is 0 Å². The van der Waals surface area contributed by atoms with Crippen molar-refractivity contribution in [2.24, 2.45) is 0 Å². The number of rotatable bonds is 2. The second-order valence-electron chi connectivity index (χ2n) is 7.15. The Labute approximate surface area is 160 Å². The molecular weight excluding hydrogens is 436 g/mol. The summed E-state index contributed by atoms with van der Waals surface area (Å²) >= 11 is 2.23. The first-order chi connectivity index (χ1) is 11.7. The van der Waals surface area contributed by atoms with Crippen LogP contribution in [0.3, 0.4) is 0 Å². The molecule has 134 valence electrons. The molecule has 0 saturated heterocycles. The van der Waals surface area contributed by atoms with E-state index in [2.05, 4.69) is 27.7 Å². The fraction of sp³-hybridized carbons (Fsp3) is 0.444. The highest BCUT2D eigenvalue weighted by Gasteiger charge is 2.29. The number of ether oxygens (including phenoxy) is 1. The summed E-state index contributed by atoms with van der Waals surface area (Å²) in [5.41, 5.74) is 2.66. The number of carbonyl (C=O) groups is 1. The van der Waals surface area contributed by atoms with Gasteiger partial charge in [-0.15, -0.1) is 0 Å². The van der Waals surface area contributed by atoms with Crippen LogP contribution in [-0.4, -0.2) is 32.9 Å². The van der Waals surface area contributed by atoms with Crippen LogP contribution in [0, 0.1) is 9.52 Å². The summed E-state index contributed by atoms with van der Waals surface area (Å²) in [4.78, 5) is 14.1. The normalized spacial score (nSPS) is 14.4. The van der Waals surface area contributed by atoms with E-state index in [-0.39, 0.29) is 11.9 Å². The topological polar surface area (TPSA) is 47.4 Å². The van der Waals surface area contributed by atoms with Gasteiger partial charge < -0.3 is 9.64 Å². The molecule has 0 atom stereocenters. The second-order valence-corrected chi connectivity index (χ2v) is 8.17. The highest BCUT2D eigenvalue weighted by atomic mass is 127. The number of aromatic nitrogens is 2. The van der Waals surface area contributed by atoms with Crippen LogP contribution in [0.25, 0.3) is 0 Å². The second kappa shape index (κ2) is 6.93. The van der Waals surface area contributed by atoms with Gasteiger partial charge in [0.25, 0.3) is 0 Å². The van der Waals surface area contributed by atoms with E-state index < -0.39 is 5.60 Å². The standard InChI is InChI=1S/C18H21FIN3O2/c1-18(2,3)25-17(24)22-9-8-14-15(11-22)23(21-16(14)20)10-12-4-6-13(19)7-5-12/h4-7H,8-11H2,1-3H3. The first-order valence-electron chi connectivity index (χ1n) is 8.19. The lowest BCUT2D eigenvalue weighted by molar-refractivity contribution is 0.0219. The molecule has 2 aromatic rings. The predicted molar refractivity (Wildman–Crippen MR) is 101 cm³/mol. The highest BCUT2D eigenvalue weighted by Crippen LogP contribution is 2.25. The minimum Gasteiger partial charge on any atom is -0.444 e. The minimum atomic E-state index is -0.514. The Morgan fingerprint density at radius 1 is 1.32 bits per heavy atom. The molecule has 7 heteroatoms. The molecule has 1 aromatic heterocycles. The van der Waals surface area contributed by atoms with Crippen LogP contribution in [0.4, 0.5) is 9.18 Å². The molecule has 0 spiro atoms. The summed E-state index contributed by atoms with van der Waals surface area (Å²) in [6.07, 6.45) is 0.457. The third kappa shape index (κ3) is 4.31. The van der Waals surface area contributed by atoms with Crippen molar-refractivity contribution in [1.82, 2.24) is 14.7 Å². The van der Waals surface area contributed by atoms with E-state index in [4.69, 9.17) is 4.74 Å². The summed E-state index contributed by atoms with van der Waals surface area (Å²) < 4.78 is 21.4. The van der Waals surface area contributed by atoms with E-state index in [0.717, 1.165) is 21.4 Å². The van der Waals surface area contributed by atoms with E-state index in [9.17, 15) is 9.18 Å². The fourth-order valence-electron chi connectivity index (χ4n) is 2.81. The molecule has 0 radical (unpaired) electrons. The van der Waals surface area contributed by atoms with Crippen LogP contribution in [-0.2, 0) is 24.2 Å². The molecule has 1 aliphatic heterocycles. The van der Waals surface area contributed by atoms with Gasteiger partial charge in [0.05, 0.1) is 18.8 Å². The maximum Gasteiger partial charge on any atom is 0.410 e. The van der Waals surface area contributed by atoms with Crippen molar-refractivity contribution in [2.45, 2.75) is 45.9 Å². The molecule has 25 heavy (non-hydrogen) atoms. The number of hydrogen-bond donors (Lipinski definition) is 0. The smallest absolute Gasteiger partial charge is 0.410 e. The Hall–Kier alpha value is -1.64. The summed E-state index contributed by atoms with van der Waals surface area (Å²) in [6, 6.07) is 6.40. The van der Waals surface area contributed by atoms with Gasteiger partial charge in [-0.25, -0.2) is 9.18 Å². The lowest BCUT2D eigenvalue weighted by atomic mass is 10.1. The third-order valence-electron chi connectivity index (χ3n) is 3.99. The molecule has 0 N–H and O–H groups in total. The summed E-state index contributed by atoms with van der Waals surface area (Å²) in [5.74, 6) is -0.253. The maximum atomic E-state index is 13.1. The molecule has 0 unspecified atom stereocenters. The first-order valence-corrected chi connectivity index (χ1v) is 9.27. The number of nitrogens with zero attached hydrogens (tertiary/aromatic N) is 3. The van der Waals surface area contributed by atoms with Gasteiger partial charge in [-0.3, -0.25) is 4.68 Å². The molecule has 0 bridgehead atoms. The van der Waals surface area contributed by atoms with Crippen molar-refractivity contribution >= 4 is 28.7 Å². The van der Waals surface area contributed by atoms with Crippen molar-refractivity contribution in [3.63, 3.8) is 0 Å². The summed E-state index contributed by atoms with van der Waals surface area (Å²) in [7, 11) is 0. The number of benzene rings is 1. The van der Waals surface area contributed by atoms with E-state index in [1.165, 1.54) is 17.7 Å². The third-order valence-corrected chi connectivity index (χ3v) is 4.85. The molecule has 0 aliphatic carbocycles. The molecule has 3 rings (SSSR count). The average Bonchev–Trinajstić information content (AvgIpc) is 2.84. The molecule has 2 heterocycles. The highest BCUT2D eigenvalue weighted by molar-refractivity contribution is 14.1. The molecule has 1 amide bonds. The lowest BCUT2D eigenvalue weighted by Crippen LogP contribution is -2.40. The fourth-order valence-corrected chi connectivity index (χ4v) is 3.65. The average molecular weight is 457 g/mol. The van der Waals surface area contributed by atoms with Gasteiger partial charge >= 0.3 is 6.09 Å². The zero-order chi connectivity index (χ0) is 18.2. The van der Waals surface area contributed by atoms with Gasteiger partial charge in [-0.1, -0.05) is 12.1 Å². The van der Waals surface area contributed by atoms with Crippen LogP contribution in [0.5, 0.6) is 0 Å². The van der Waals surface area contributed by atoms with Crippen LogP contribution >= 0.6 is 22.6 Å². The van der Waals surface area contributed by atoms with Crippen LogP contribution in [0.15, 0.2) is 24.3 Å². The Kier molecular flexibility index (Phi) is 5.04. The monoisotopic (exact) mass is 457 g/mol. The summed E-state index contributed by atoms with van der Waals surface area (Å²) in [6.45, 7) is 7.24. The van der Waals surface area contributed by atoms with Crippen LogP contribution < -0.4 is 0 Å². The Bertz CT molecular complexity index is 781. The van der Waals surface area contributed by atoms with Gasteiger partial charge in [-0.05, 0) is 67.5 Å². The zero-order valence-electron chi connectivity index (χ0n) is 14.6. The quantitative estimate of drug-likeness (QED) is 0.642.